The van der Waals surface area contributed by atoms with Crippen LogP contribution in [0.3, 0.4) is 0 Å². The van der Waals surface area contributed by atoms with E-state index < -0.39 is 0 Å². The molecule has 0 amide bonds. The van der Waals surface area contributed by atoms with Gasteiger partial charge in [-0.05, 0) is 78.4 Å². The molecular weight excluding hydrogens is 228 g/mol. The van der Waals surface area contributed by atoms with E-state index in [2.05, 4.69) is 26.0 Å². The molecule has 5 aliphatic carbocycles. The van der Waals surface area contributed by atoms with Gasteiger partial charge in [-0.2, -0.15) is 0 Å². The fourth-order valence-corrected chi connectivity index (χ4v) is 8.07. The Morgan fingerprint density at radius 1 is 0.842 bits per heavy atom. The van der Waals surface area contributed by atoms with Crippen molar-refractivity contribution in [2.45, 2.75) is 46.0 Å². The molecule has 0 N–H and O–H groups in total. The van der Waals surface area contributed by atoms with E-state index in [0.29, 0.717) is 0 Å². The first-order valence-electron chi connectivity index (χ1n) is 8.98. The maximum Gasteiger partial charge on any atom is -0.0194 e. The average Bonchev–Trinajstić information content (AvgIpc) is 3.12. The van der Waals surface area contributed by atoms with Gasteiger partial charge in [-0.3, -0.25) is 0 Å². The van der Waals surface area contributed by atoms with E-state index in [1.807, 2.05) is 0 Å². The molecule has 4 fully saturated rings. The number of hydrogen-bond donors (Lipinski definition) is 0. The third kappa shape index (κ3) is 1.23. The highest BCUT2D eigenvalue weighted by Gasteiger charge is 2.67. The van der Waals surface area contributed by atoms with E-state index in [0.717, 1.165) is 59.2 Å². The van der Waals surface area contributed by atoms with Gasteiger partial charge in [-0.25, -0.2) is 0 Å². The van der Waals surface area contributed by atoms with Crippen LogP contribution in [0.4, 0.5) is 0 Å². The molecule has 104 valence electrons. The van der Waals surface area contributed by atoms with Crippen LogP contribution in [0.25, 0.3) is 0 Å². The molecule has 4 bridgehead atoms. The molecule has 0 aromatic rings. The largest absolute Gasteiger partial charge is 0.0848 e. The molecule has 10 unspecified atom stereocenters. The Hall–Kier alpha value is -0.260. The molecule has 19 heavy (non-hydrogen) atoms. The summed E-state index contributed by atoms with van der Waals surface area (Å²) in [5.74, 6) is 11.0. The molecule has 0 aliphatic heterocycles. The SMILES string of the molecule is CCCC1CC(C)C2C3CC(C4C5C=CC(C5)C34)C12. The summed E-state index contributed by atoms with van der Waals surface area (Å²) in [4.78, 5) is 0. The summed E-state index contributed by atoms with van der Waals surface area (Å²) in [5, 5.41) is 0. The van der Waals surface area contributed by atoms with Crippen molar-refractivity contribution in [2.24, 2.45) is 59.2 Å². The lowest BCUT2D eigenvalue weighted by atomic mass is 9.63. The van der Waals surface area contributed by atoms with E-state index in [4.69, 9.17) is 0 Å². The van der Waals surface area contributed by atoms with Gasteiger partial charge >= 0.3 is 0 Å². The van der Waals surface area contributed by atoms with Crippen LogP contribution in [0.1, 0.15) is 46.0 Å². The summed E-state index contributed by atoms with van der Waals surface area (Å²) >= 11 is 0. The van der Waals surface area contributed by atoms with Crippen LogP contribution in [-0.4, -0.2) is 0 Å². The fraction of sp³-hybridized carbons (Fsp3) is 0.895. The highest BCUT2D eigenvalue weighted by molar-refractivity contribution is 5.23. The highest BCUT2D eigenvalue weighted by atomic mass is 14.7. The van der Waals surface area contributed by atoms with Gasteiger partial charge in [-0.15, -0.1) is 0 Å². The van der Waals surface area contributed by atoms with Crippen LogP contribution in [0, 0.1) is 59.2 Å². The minimum Gasteiger partial charge on any atom is -0.0848 e. The Kier molecular flexibility index (Phi) is 2.21. The van der Waals surface area contributed by atoms with Gasteiger partial charge in [0.2, 0.25) is 0 Å². The Labute approximate surface area is 118 Å². The normalized spacial score (nSPS) is 63.9. The number of fused-ring (bicyclic) bond motifs is 12. The number of rotatable bonds is 2. The van der Waals surface area contributed by atoms with Crippen molar-refractivity contribution < 1.29 is 0 Å². The monoisotopic (exact) mass is 256 g/mol. The number of allylic oxidation sites excluding steroid dienone is 2. The summed E-state index contributed by atoms with van der Waals surface area (Å²) in [5.41, 5.74) is 0. The van der Waals surface area contributed by atoms with Gasteiger partial charge in [0.1, 0.15) is 0 Å². The van der Waals surface area contributed by atoms with Gasteiger partial charge in [0.25, 0.3) is 0 Å². The zero-order chi connectivity index (χ0) is 12.7. The molecular formula is C19H28. The second-order valence-electron chi connectivity index (χ2n) is 8.58. The first kappa shape index (κ1) is 11.4. The minimum atomic E-state index is 1.00. The lowest BCUT2D eigenvalue weighted by Crippen LogP contribution is -2.37. The predicted octanol–water partition coefficient (Wildman–Crippen LogP) is 4.76. The van der Waals surface area contributed by atoms with Crippen LogP contribution in [0.2, 0.25) is 0 Å². The van der Waals surface area contributed by atoms with Gasteiger partial charge in [-0.1, -0.05) is 38.8 Å². The molecule has 5 rings (SSSR count). The zero-order valence-corrected chi connectivity index (χ0v) is 12.5. The van der Waals surface area contributed by atoms with E-state index in [-0.39, 0.29) is 0 Å². The second-order valence-corrected chi connectivity index (χ2v) is 8.58. The maximum atomic E-state index is 2.61. The van der Waals surface area contributed by atoms with Gasteiger partial charge in [0.05, 0.1) is 0 Å². The van der Waals surface area contributed by atoms with E-state index in [9.17, 15) is 0 Å². The smallest absolute Gasteiger partial charge is 0.0194 e. The fourth-order valence-electron chi connectivity index (χ4n) is 8.07. The van der Waals surface area contributed by atoms with Crippen LogP contribution in [-0.2, 0) is 0 Å². The first-order chi connectivity index (χ1) is 9.29. The Morgan fingerprint density at radius 2 is 1.53 bits per heavy atom. The van der Waals surface area contributed by atoms with E-state index in [1.165, 1.54) is 19.3 Å². The quantitative estimate of drug-likeness (QED) is 0.493. The van der Waals surface area contributed by atoms with E-state index >= 15 is 0 Å². The van der Waals surface area contributed by atoms with Crippen LogP contribution < -0.4 is 0 Å². The van der Waals surface area contributed by atoms with Gasteiger partial charge in [0, 0.05) is 0 Å². The Morgan fingerprint density at radius 3 is 2.21 bits per heavy atom. The maximum absolute atomic E-state index is 2.61. The summed E-state index contributed by atoms with van der Waals surface area (Å²) in [6, 6.07) is 0. The lowest BCUT2D eigenvalue weighted by molar-refractivity contribution is 0.0727. The Balaban J connectivity index is 1.51. The van der Waals surface area contributed by atoms with Crippen LogP contribution in [0.5, 0.6) is 0 Å². The third-order valence-electron chi connectivity index (χ3n) is 8.08. The van der Waals surface area contributed by atoms with Crippen LogP contribution >= 0.6 is 0 Å². The summed E-state index contributed by atoms with van der Waals surface area (Å²) in [7, 11) is 0. The van der Waals surface area contributed by atoms with Crippen molar-refractivity contribution in [3.05, 3.63) is 12.2 Å². The van der Waals surface area contributed by atoms with Crippen molar-refractivity contribution in [1.82, 2.24) is 0 Å². The predicted molar refractivity (Wildman–Crippen MR) is 78.5 cm³/mol. The van der Waals surface area contributed by atoms with Crippen molar-refractivity contribution in [2.75, 3.05) is 0 Å². The first-order valence-corrected chi connectivity index (χ1v) is 8.98. The third-order valence-corrected chi connectivity index (χ3v) is 8.08. The van der Waals surface area contributed by atoms with Crippen molar-refractivity contribution >= 4 is 0 Å². The average molecular weight is 256 g/mol. The topological polar surface area (TPSA) is 0 Å². The van der Waals surface area contributed by atoms with Crippen molar-refractivity contribution in [1.29, 1.82) is 0 Å². The summed E-state index contributed by atoms with van der Waals surface area (Å²) in [6.45, 7) is 4.99. The number of hydrogen-bond acceptors (Lipinski definition) is 0. The molecule has 0 aromatic carbocycles. The summed E-state index contributed by atoms with van der Waals surface area (Å²) < 4.78 is 0. The minimum absolute atomic E-state index is 1.00. The molecule has 10 atom stereocenters. The van der Waals surface area contributed by atoms with Crippen molar-refractivity contribution in [3.63, 3.8) is 0 Å². The van der Waals surface area contributed by atoms with Crippen molar-refractivity contribution in [3.8, 4) is 0 Å². The van der Waals surface area contributed by atoms with Crippen LogP contribution in [0.15, 0.2) is 12.2 Å². The Bertz CT molecular complexity index is 422. The molecule has 0 radical (unpaired) electrons. The zero-order valence-electron chi connectivity index (χ0n) is 12.5. The molecule has 0 spiro atoms. The standard InChI is InChI=1S/C19H28/c1-3-4-11-7-10(2)16-14-9-15(17(11)16)19-13-6-5-12(8-13)18(14)19/h5-6,10-19H,3-4,7-9H2,1-2H3. The lowest BCUT2D eigenvalue weighted by Gasteiger charge is -2.41. The highest BCUT2D eigenvalue weighted by Crippen LogP contribution is 2.73. The van der Waals surface area contributed by atoms with E-state index in [1.54, 1.807) is 12.8 Å². The summed E-state index contributed by atoms with van der Waals surface area (Å²) in [6.07, 6.45) is 12.9. The molecule has 0 heteroatoms. The molecule has 5 aliphatic rings. The second kappa shape index (κ2) is 3.68. The molecule has 0 nitrogen and oxygen atoms in total. The van der Waals surface area contributed by atoms with Gasteiger partial charge < -0.3 is 0 Å². The van der Waals surface area contributed by atoms with Gasteiger partial charge in [0.15, 0.2) is 0 Å². The molecule has 0 heterocycles. The molecule has 0 aromatic heterocycles. The molecule has 4 saturated carbocycles. The molecule has 0 saturated heterocycles.